The molecule has 0 bridgehead atoms. The Balaban J connectivity index is 2.31. The van der Waals surface area contributed by atoms with Crippen molar-refractivity contribution in [3.63, 3.8) is 0 Å². The van der Waals surface area contributed by atoms with Crippen molar-refractivity contribution in [3.05, 3.63) is 70.0 Å². The number of halogens is 4. The van der Waals surface area contributed by atoms with E-state index >= 15 is 0 Å². The van der Waals surface area contributed by atoms with Crippen molar-refractivity contribution in [2.75, 3.05) is 0 Å². The summed E-state index contributed by atoms with van der Waals surface area (Å²) in [5.74, 6) is 3.01. The molecule has 1 unspecified atom stereocenters. The van der Waals surface area contributed by atoms with Crippen LogP contribution in [0.2, 0.25) is 5.02 Å². The van der Waals surface area contributed by atoms with E-state index in [0.717, 1.165) is 12.1 Å². The minimum atomic E-state index is -0.960. The van der Waals surface area contributed by atoms with Crippen molar-refractivity contribution in [1.82, 2.24) is 5.43 Å². The molecule has 0 aliphatic carbocycles. The van der Waals surface area contributed by atoms with Crippen molar-refractivity contribution < 1.29 is 13.2 Å². The van der Waals surface area contributed by atoms with Crippen molar-refractivity contribution in [3.8, 4) is 0 Å². The second-order valence-corrected chi connectivity index (χ2v) is 4.71. The monoisotopic (exact) mass is 300 g/mol. The third kappa shape index (κ3) is 3.12. The minimum Gasteiger partial charge on any atom is -0.271 e. The fourth-order valence-corrected chi connectivity index (χ4v) is 2.28. The van der Waals surface area contributed by atoms with Crippen molar-refractivity contribution in [2.45, 2.75) is 12.5 Å². The number of hydrogen-bond donors (Lipinski definition) is 2. The Morgan fingerprint density at radius 2 is 1.80 bits per heavy atom. The van der Waals surface area contributed by atoms with E-state index in [1.165, 1.54) is 24.3 Å². The van der Waals surface area contributed by atoms with E-state index in [0.29, 0.717) is 5.56 Å². The number of hydrazine groups is 1. The average Bonchev–Trinajstić information content (AvgIpc) is 2.41. The first-order chi connectivity index (χ1) is 9.52. The Kier molecular flexibility index (Phi) is 4.65. The van der Waals surface area contributed by atoms with E-state index in [2.05, 4.69) is 5.43 Å². The normalized spacial score (nSPS) is 12.4. The highest BCUT2D eigenvalue weighted by Crippen LogP contribution is 2.28. The van der Waals surface area contributed by atoms with Gasteiger partial charge in [0.25, 0.3) is 0 Å². The van der Waals surface area contributed by atoms with Crippen molar-refractivity contribution in [1.29, 1.82) is 0 Å². The third-order valence-corrected chi connectivity index (χ3v) is 3.30. The van der Waals surface area contributed by atoms with Gasteiger partial charge in [0.1, 0.15) is 5.82 Å². The number of rotatable bonds is 4. The van der Waals surface area contributed by atoms with Crippen LogP contribution in [0.4, 0.5) is 13.2 Å². The molecular weight excluding hydrogens is 289 g/mol. The molecule has 1 atom stereocenters. The fourth-order valence-electron chi connectivity index (χ4n) is 1.99. The molecule has 2 aromatic rings. The lowest BCUT2D eigenvalue weighted by molar-refractivity contribution is 0.495. The molecule has 2 nitrogen and oxygen atoms in total. The van der Waals surface area contributed by atoms with E-state index in [-0.39, 0.29) is 17.0 Å². The molecule has 0 saturated heterocycles. The van der Waals surface area contributed by atoms with Crippen LogP contribution in [0.5, 0.6) is 0 Å². The zero-order valence-corrected chi connectivity index (χ0v) is 11.1. The summed E-state index contributed by atoms with van der Waals surface area (Å²) in [6, 6.07) is 7.11. The Morgan fingerprint density at radius 1 is 1.05 bits per heavy atom. The largest absolute Gasteiger partial charge is 0.271 e. The molecule has 3 N–H and O–H groups in total. The van der Waals surface area contributed by atoms with Gasteiger partial charge in [0, 0.05) is 10.6 Å². The maximum absolute atomic E-state index is 13.8. The van der Waals surface area contributed by atoms with Gasteiger partial charge in [-0.25, -0.2) is 13.2 Å². The zero-order valence-electron chi connectivity index (χ0n) is 10.3. The summed E-state index contributed by atoms with van der Waals surface area (Å²) in [5, 5.41) is 0.218. The van der Waals surface area contributed by atoms with E-state index in [1.54, 1.807) is 0 Å². The van der Waals surface area contributed by atoms with Gasteiger partial charge in [-0.05, 0) is 36.2 Å². The predicted molar refractivity (Wildman–Crippen MR) is 71.5 cm³/mol. The molecule has 20 heavy (non-hydrogen) atoms. The number of hydrogen-bond acceptors (Lipinski definition) is 2. The quantitative estimate of drug-likeness (QED) is 0.670. The molecule has 106 valence electrons. The Bertz CT molecular complexity index is 599. The lowest BCUT2D eigenvalue weighted by atomic mass is 9.98. The molecule has 0 aliphatic heterocycles. The average molecular weight is 301 g/mol. The van der Waals surface area contributed by atoms with Gasteiger partial charge in [0.2, 0.25) is 0 Å². The highest BCUT2D eigenvalue weighted by atomic mass is 35.5. The summed E-state index contributed by atoms with van der Waals surface area (Å²) in [6.07, 6.45) is 0.175. The Hall–Kier alpha value is -1.56. The van der Waals surface area contributed by atoms with Crippen LogP contribution in [0.3, 0.4) is 0 Å². The van der Waals surface area contributed by atoms with Gasteiger partial charge < -0.3 is 0 Å². The van der Waals surface area contributed by atoms with Crippen LogP contribution in [-0.4, -0.2) is 0 Å². The van der Waals surface area contributed by atoms with Crippen LogP contribution in [0.25, 0.3) is 0 Å². The first-order valence-corrected chi connectivity index (χ1v) is 6.24. The standard InChI is InChI=1S/C14H12ClF3N2/c15-9-2-1-3-11(17)14(9)13(20-19)7-8-4-5-10(16)12(18)6-8/h1-6,13,20H,7,19H2. The molecule has 0 fully saturated rings. The highest BCUT2D eigenvalue weighted by molar-refractivity contribution is 6.31. The minimum absolute atomic E-state index is 0.175. The van der Waals surface area contributed by atoms with Crippen LogP contribution in [0, 0.1) is 17.5 Å². The summed E-state index contributed by atoms with van der Waals surface area (Å²) in [7, 11) is 0. The van der Waals surface area contributed by atoms with Gasteiger partial charge in [0.05, 0.1) is 6.04 Å². The summed E-state index contributed by atoms with van der Waals surface area (Å²) in [4.78, 5) is 0. The van der Waals surface area contributed by atoms with Gasteiger partial charge in [-0.3, -0.25) is 11.3 Å². The topological polar surface area (TPSA) is 38.0 Å². The first-order valence-electron chi connectivity index (χ1n) is 5.87. The van der Waals surface area contributed by atoms with Gasteiger partial charge >= 0.3 is 0 Å². The van der Waals surface area contributed by atoms with Crippen molar-refractivity contribution in [2.24, 2.45) is 5.84 Å². The van der Waals surface area contributed by atoms with E-state index in [4.69, 9.17) is 17.4 Å². The number of nitrogens with one attached hydrogen (secondary N) is 1. The molecule has 0 radical (unpaired) electrons. The van der Waals surface area contributed by atoms with Crippen LogP contribution >= 0.6 is 11.6 Å². The molecular formula is C14H12ClF3N2. The lowest BCUT2D eigenvalue weighted by Crippen LogP contribution is -2.30. The highest BCUT2D eigenvalue weighted by Gasteiger charge is 2.19. The van der Waals surface area contributed by atoms with E-state index in [1.807, 2.05) is 0 Å². The van der Waals surface area contributed by atoms with E-state index in [9.17, 15) is 13.2 Å². The number of benzene rings is 2. The van der Waals surface area contributed by atoms with Crippen LogP contribution in [-0.2, 0) is 6.42 Å². The first kappa shape index (κ1) is 14.8. The Labute approximate surface area is 119 Å². The maximum Gasteiger partial charge on any atom is 0.159 e. The molecule has 0 spiro atoms. The van der Waals surface area contributed by atoms with Gasteiger partial charge in [-0.15, -0.1) is 0 Å². The zero-order chi connectivity index (χ0) is 14.7. The van der Waals surface area contributed by atoms with Crippen LogP contribution in [0.1, 0.15) is 17.2 Å². The van der Waals surface area contributed by atoms with Gasteiger partial charge in [-0.1, -0.05) is 23.7 Å². The molecule has 0 heterocycles. The fraction of sp³-hybridized carbons (Fsp3) is 0.143. The molecule has 0 saturated carbocycles. The second kappa shape index (κ2) is 6.26. The maximum atomic E-state index is 13.8. The van der Waals surface area contributed by atoms with Crippen LogP contribution < -0.4 is 11.3 Å². The predicted octanol–water partition coefficient (Wildman–Crippen LogP) is 3.50. The van der Waals surface area contributed by atoms with Gasteiger partial charge in [0.15, 0.2) is 11.6 Å². The second-order valence-electron chi connectivity index (χ2n) is 4.31. The SMILES string of the molecule is NNC(Cc1ccc(F)c(F)c1)c1c(F)cccc1Cl. The summed E-state index contributed by atoms with van der Waals surface area (Å²) in [5.41, 5.74) is 3.12. The molecule has 0 amide bonds. The lowest BCUT2D eigenvalue weighted by Gasteiger charge is -2.18. The summed E-state index contributed by atoms with van der Waals surface area (Å²) in [6.45, 7) is 0. The molecule has 2 rings (SSSR count). The van der Waals surface area contributed by atoms with E-state index < -0.39 is 23.5 Å². The molecule has 2 aromatic carbocycles. The third-order valence-electron chi connectivity index (χ3n) is 2.97. The smallest absolute Gasteiger partial charge is 0.159 e. The summed E-state index contributed by atoms with van der Waals surface area (Å²) >= 11 is 5.96. The van der Waals surface area contributed by atoms with Crippen LogP contribution in [0.15, 0.2) is 36.4 Å². The van der Waals surface area contributed by atoms with Gasteiger partial charge in [-0.2, -0.15) is 0 Å². The molecule has 6 heteroatoms. The van der Waals surface area contributed by atoms with Crippen molar-refractivity contribution >= 4 is 11.6 Å². The molecule has 0 aromatic heterocycles. The summed E-state index contributed by atoms with van der Waals surface area (Å²) < 4.78 is 39.9. The number of nitrogens with two attached hydrogens (primary N) is 1. The molecule has 0 aliphatic rings. The Morgan fingerprint density at radius 3 is 2.40 bits per heavy atom.